The molecule has 0 spiro atoms. The van der Waals surface area contributed by atoms with Crippen molar-refractivity contribution in [2.45, 2.75) is 12.8 Å². The maximum absolute atomic E-state index is 12.5. The summed E-state index contributed by atoms with van der Waals surface area (Å²) in [7, 11) is 0. The Hall–Kier alpha value is -1.95. The zero-order valence-electron chi connectivity index (χ0n) is 12.1. The fourth-order valence-electron chi connectivity index (χ4n) is 2.62. The number of halogens is 1. The standard InChI is InChI=1S/C16H17BrN4O/c17-13-6-1-2-7-14(13)20-15(22)12-5-3-10-21(11-12)16-18-8-4-9-19-16/h1-2,4,6-9,12H,3,5,10-11H2,(H,20,22)/t12-/m0/s1. The SMILES string of the molecule is O=C(Nc1ccccc1Br)[C@H]1CCCN(c2ncccn2)C1. The summed E-state index contributed by atoms with van der Waals surface area (Å²) in [5.41, 5.74) is 0.806. The first-order valence-electron chi connectivity index (χ1n) is 7.31. The van der Waals surface area contributed by atoms with Gasteiger partial charge in [-0.1, -0.05) is 12.1 Å². The average Bonchev–Trinajstić information content (AvgIpc) is 2.58. The summed E-state index contributed by atoms with van der Waals surface area (Å²) >= 11 is 3.45. The minimum absolute atomic E-state index is 0.0486. The van der Waals surface area contributed by atoms with Crippen LogP contribution in [0.2, 0.25) is 0 Å². The molecule has 1 fully saturated rings. The molecule has 3 rings (SSSR count). The maximum Gasteiger partial charge on any atom is 0.229 e. The van der Waals surface area contributed by atoms with Gasteiger partial charge in [0.05, 0.1) is 11.6 Å². The van der Waals surface area contributed by atoms with Gasteiger partial charge in [-0.05, 0) is 47.0 Å². The molecule has 0 saturated carbocycles. The van der Waals surface area contributed by atoms with Crippen molar-refractivity contribution in [2.75, 3.05) is 23.3 Å². The van der Waals surface area contributed by atoms with E-state index >= 15 is 0 Å². The summed E-state index contributed by atoms with van der Waals surface area (Å²) in [6, 6.07) is 9.44. The lowest BCUT2D eigenvalue weighted by atomic mass is 9.97. The van der Waals surface area contributed by atoms with Crippen molar-refractivity contribution < 1.29 is 4.79 Å². The molecule has 1 atom stereocenters. The quantitative estimate of drug-likeness (QED) is 0.913. The van der Waals surface area contributed by atoms with Gasteiger partial charge in [-0.25, -0.2) is 9.97 Å². The van der Waals surface area contributed by atoms with Crippen molar-refractivity contribution in [3.63, 3.8) is 0 Å². The van der Waals surface area contributed by atoms with E-state index in [9.17, 15) is 4.79 Å². The molecular weight excluding hydrogens is 344 g/mol. The highest BCUT2D eigenvalue weighted by atomic mass is 79.9. The Kier molecular flexibility index (Phi) is 4.68. The number of para-hydroxylation sites is 1. The molecule has 1 N–H and O–H groups in total. The number of nitrogens with zero attached hydrogens (tertiary/aromatic N) is 3. The molecule has 0 bridgehead atoms. The van der Waals surface area contributed by atoms with E-state index in [4.69, 9.17) is 0 Å². The van der Waals surface area contributed by atoms with Gasteiger partial charge in [-0.2, -0.15) is 0 Å². The molecule has 1 saturated heterocycles. The second-order valence-corrected chi connectivity index (χ2v) is 6.16. The molecule has 0 unspecified atom stereocenters. The lowest BCUT2D eigenvalue weighted by molar-refractivity contribution is -0.120. The minimum Gasteiger partial charge on any atom is -0.340 e. The number of carbonyl (C=O) groups is 1. The van der Waals surface area contributed by atoms with E-state index in [1.807, 2.05) is 24.3 Å². The predicted octanol–water partition coefficient (Wildman–Crippen LogP) is 3.09. The number of nitrogens with one attached hydrogen (secondary N) is 1. The number of hydrogen-bond acceptors (Lipinski definition) is 4. The fraction of sp³-hybridized carbons (Fsp3) is 0.312. The Labute approximate surface area is 137 Å². The number of carbonyl (C=O) groups excluding carboxylic acids is 1. The molecule has 1 aromatic carbocycles. The zero-order chi connectivity index (χ0) is 15.4. The van der Waals surface area contributed by atoms with Crippen LogP contribution in [-0.2, 0) is 4.79 Å². The van der Waals surface area contributed by atoms with E-state index in [-0.39, 0.29) is 11.8 Å². The summed E-state index contributed by atoms with van der Waals surface area (Å²) in [5.74, 6) is 0.693. The smallest absolute Gasteiger partial charge is 0.229 e. The van der Waals surface area contributed by atoms with Crippen LogP contribution in [0, 0.1) is 5.92 Å². The van der Waals surface area contributed by atoms with E-state index in [0.29, 0.717) is 12.5 Å². The van der Waals surface area contributed by atoms with E-state index in [2.05, 4.69) is 36.1 Å². The third-order valence-corrected chi connectivity index (χ3v) is 4.45. The highest BCUT2D eigenvalue weighted by Crippen LogP contribution is 2.25. The molecule has 2 heterocycles. The Morgan fingerprint density at radius 2 is 2.00 bits per heavy atom. The van der Waals surface area contributed by atoms with Crippen LogP contribution in [0.1, 0.15) is 12.8 Å². The van der Waals surface area contributed by atoms with Gasteiger partial charge in [0.15, 0.2) is 0 Å². The molecule has 1 amide bonds. The van der Waals surface area contributed by atoms with Crippen LogP contribution in [-0.4, -0.2) is 29.0 Å². The summed E-state index contributed by atoms with van der Waals surface area (Å²) in [4.78, 5) is 23.1. The number of hydrogen-bond donors (Lipinski definition) is 1. The van der Waals surface area contributed by atoms with Gasteiger partial charge >= 0.3 is 0 Å². The van der Waals surface area contributed by atoms with Crippen molar-refractivity contribution in [1.29, 1.82) is 0 Å². The van der Waals surface area contributed by atoms with Crippen molar-refractivity contribution in [2.24, 2.45) is 5.92 Å². The van der Waals surface area contributed by atoms with Crippen LogP contribution in [0.15, 0.2) is 47.2 Å². The molecule has 22 heavy (non-hydrogen) atoms. The first kappa shape index (κ1) is 15.0. The number of rotatable bonds is 3. The Bertz CT molecular complexity index is 650. The van der Waals surface area contributed by atoms with Crippen LogP contribution in [0.25, 0.3) is 0 Å². The molecular formula is C16H17BrN4O. The molecule has 1 aliphatic rings. The number of aromatic nitrogens is 2. The monoisotopic (exact) mass is 360 g/mol. The van der Waals surface area contributed by atoms with E-state index in [1.165, 1.54) is 0 Å². The number of benzene rings is 1. The highest BCUT2D eigenvalue weighted by Gasteiger charge is 2.27. The Morgan fingerprint density at radius 3 is 2.77 bits per heavy atom. The van der Waals surface area contributed by atoms with E-state index in [1.54, 1.807) is 18.5 Å². The number of piperidine rings is 1. The second kappa shape index (κ2) is 6.87. The van der Waals surface area contributed by atoms with Crippen LogP contribution in [0.4, 0.5) is 11.6 Å². The molecule has 2 aromatic rings. The van der Waals surface area contributed by atoms with Crippen LogP contribution in [0.3, 0.4) is 0 Å². The summed E-state index contributed by atoms with van der Waals surface area (Å²) in [6.07, 6.45) is 5.31. The van der Waals surface area contributed by atoms with Crippen molar-refractivity contribution >= 4 is 33.5 Å². The minimum atomic E-state index is -0.0512. The lowest BCUT2D eigenvalue weighted by Gasteiger charge is -2.31. The summed E-state index contributed by atoms with van der Waals surface area (Å²) in [5, 5.41) is 3.00. The molecule has 114 valence electrons. The van der Waals surface area contributed by atoms with Gasteiger partial charge in [0, 0.05) is 30.0 Å². The predicted molar refractivity (Wildman–Crippen MR) is 89.7 cm³/mol. The first-order chi connectivity index (χ1) is 10.7. The number of amides is 1. The van der Waals surface area contributed by atoms with Crippen molar-refractivity contribution in [3.8, 4) is 0 Å². The normalized spacial score (nSPS) is 18.0. The molecule has 5 nitrogen and oxygen atoms in total. The van der Waals surface area contributed by atoms with Gasteiger partial charge in [-0.15, -0.1) is 0 Å². The van der Waals surface area contributed by atoms with Crippen LogP contribution in [0.5, 0.6) is 0 Å². The fourth-order valence-corrected chi connectivity index (χ4v) is 3.01. The number of anilines is 2. The highest BCUT2D eigenvalue weighted by molar-refractivity contribution is 9.10. The Balaban J connectivity index is 1.67. The van der Waals surface area contributed by atoms with Gasteiger partial charge in [0.1, 0.15) is 0 Å². The van der Waals surface area contributed by atoms with E-state index in [0.717, 1.165) is 29.5 Å². The second-order valence-electron chi connectivity index (χ2n) is 5.30. The molecule has 0 aliphatic carbocycles. The summed E-state index contributed by atoms with van der Waals surface area (Å²) < 4.78 is 0.891. The van der Waals surface area contributed by atoms with Gasteiger partial charge in [0.2, 0.25) is 11.9 Å². The lowest BCUT2D eigenvalue weighted by Crippen LogP contribution is -2.41. The molecule has 1 aliphatic heterocycles. The summed E-state index contributed by atoms with van der Waals surface area (Å²) in [6.45, 7) is 1.54. The van der Waals surface area contributed by atoms with Crippen molar-refractivity contribution in [3.05, 3.63) is 47.2 Å². The molecule has 0 radical (unpaired) electrons. The van der Waals surface area contributed by atoms with Gasteiger partial charge in [0.25, 0.3) is 0 Å². The molecule has 6 heteroatoms. The third-order valence-electron chi connectivity index (χ3n) is 3.76. The average molecular weight is 361 g/mol. The van der Waals surface area contributed by atoms with Crippen LogP contribution >= 0.6 is 15.9 Å². The maximum atomic E-state index is 12.5. The Morgan fingerprint density at radius 1 is 1.23 bits per heavy atom. The van der Waals surface area contributed by atoms with E-state index < -0.39 is 0 Å². The third kappa shape index (κ3) is 3.44. The van der Waals surface area contributed by atoms with Gasteiger partial charge in [-0.3, -0.25) is 4.79 Å². The first-order valence-corrected chi connectivity index (χ1v) is 8.10. The van der Waals surface area contributed by atoms with Crippen molar-refractivity contribution in [1.82, 2.24) is 9.97 Å². The van der Waals surface area contributed by atoms with Crippen LogP contribution < -0.4 is 10.2 Å². The topological polar surface area (TPSA) is 58.1 Å². The zero-order valence-corrected chi connectivity index (χ0v) is 13.7. The molecule has 1 aromatic heterocycles. The largest absolute Gasteiger partial charge is 0.340 e. The van der Waals surface area contributed by atoms with Gasteiger partial charge < -0.3 is 10.2 Å².